The minimum atomic E-state index is -0.132. The maximum Gasteiger partial charge on any atom is 0.255 e. The van der Waals surface area contributed by atoms with Crippen molar-refractivity contribution in [3.8, 4) is 11.5 Å². The number of rotatable bonds is 4. The SMILES string of the molecule is O=C(Nc1ccccc1SC1CCCC1)c1ccc2c(c1)OCO2. The molecule has 1 aliphatic carbocycles. The first kappa shape index (κ1) is 15.4. The number of thioether (sulfide) groups is 1. The minimum absolute atomic E-state index is 0.132. The predicted octanol–water partition coefficient (Wildman–Crippen LogP) is 4.70. The number of carbonyl (C=O) groups is 1. The number of hydrogen-bond acceptors (Lipinski definition) is 4. The van der Waals surface area contributed by atoms with Gasteiger partial charge in [0, 0.05) is 15.7 Å². The Morgan fingerprint density at radius 2 is 1.83 bits per heavy atom. The van der Waals surface area contributed by atoms with Gasteiger partial charge in [0.2, 0.25) is 6.79 Å². The summed E-state index contributed by atoms with van der Waals surface area (Å²) in [7, 11) is 0. The second kappa shape index (κ2) is 6.77. The van der Waals surface area contributed by atoms with Crippen molar-refractivity contribution >= 4 is 23.4 Å². The Balaban J connectivity index is 1.51. The molecular formula is C19H19NO3S. The average molecular weight is 341 g/mol. The molecule has 0 saturated heterocycles. The molecule has 0 spiro atoms. The van der Waals surface area contributed by atoms with Gasteiger partial charge >= 0.3 is 0 Å². The van der Waals surface area contributed by atoms with Crippen molar-refractivity contribution in [2.75, 3.05) is 12.1 Å². The molecule has 1 heterocycles. The smallest absolute Gasteiger partial charge is 0.255 e. The van der Waals surface area contributed by atoms with Gasteiger partial charge < -0.3 is 14.8 Å². The Hall–Kier alpha value is -2.14. The lowest BCUT2D eigenvalue weighted by molar-refractivity contribution is 0.102. The summed E-state index contributed by atoms with van der Waals surface area (Å²) in [5, 5.41) is 3.70. The van der Waals surface area contributed by atoms with Crippen LogP contribution in [0, 0.1) is 0 Å². The first-order valence-electron chi connectivity index (χ1n) is 8.26. The number of benzene rings is 2. The van der Waals surface area contributed by atoms with E-state index in [0.717, 1.165) is 10.6 Å². The van der Waals surface area contributed by atoms with E-state index in [1.807, 2.05) is 30.0 Å². The van der Waals surface area contributed by atoms with Crippen LogP contribution in [0.2, 0.25) is 0 Å². The molecule has 0 aromatic heterocycles. The molecule has 2 aromatic carbocycles. The lowest BCUT2D eigenvalue weighted by atomic mass is 10.2. The van der Waals surface area contributed by atoms with Gasteiger partial charge in [-0.2, -0.15) is 0 Å². The van der Waals surface area contributed by atoms with Gasteiger partial charge in [0.05, 0.1) is 5.69 Å². The summed E-state index contributed by atoms with van der Waals surface area (Å²) in [5.74, 6) is 1.17. The first-order valence-corrected chi connectivity index (χ1v) is 9.14. The molecule has 1 aliphatic heterocycles. The monoisotopic (exact) mass is 341 g/mol. The quantitative estimate of drug-likeness (QED) is 0.875. The topological polar surface area (TPSA) is 47.6 Å². The zero-order valence-electron chi connectivity index (χ0n) is 13.3. The predicted molar refractivity (Wildman–Crippen MR) is 95.1 cm³/mol. The highest BCUT2D eigenvalue weighted by Gasteiger charge is 2.19. The van der Waals surface area contributed by atoms with Crippen molar-refractivity contribution in [1.29, 1.82) is 0 Å². The first-order chi connectivity index (χ1) is 11.8. The van der Waals surface area contributed by atoms with Crippen molar-refractivity contribution in [3.05, 3.63) is 48.0 Å². The van der Waals surface area contributed by atoms with E-state index >= 15 is 0 Å². The van der Waals surface area contributed by atoms with E-state index in [1.54, 1.807) is 18.2 Å². The highest BCUT2D eigenvalue weighted by atomic mass is 32.2. The van der Waals surface area contributed by atoms with Gasteiger partial charge in [-0.25, -0.2) is 0 Å². The standard InChI is InChI=1S/C19H19NO3S/c21-19(13-9-10-16-17(11-13)23-12-22-16)20-15-7-3-4-8-18(15)24-14-5-1-2-6-14/h3-4,7-11,14H,1-2,5-6,12H2,(H,20,21). The van der Waals surface area contributed by atoms with Gasteiger partial charge in [-0.1, -0.05) is 25.0 Å². The van der Waals surface area contributed by atoms with Crippen molar-refractivity contribution in [2.24, 2.45) is 0 Å². The van der Waals surface area contributed by atoms with Crippen LogP contribution in [-0.4, -0.2) is 18.0 Å². The van der Waals surface area contributed by atoms with Gasteiger partial charge in [-0.05, 0) is 43.2 Å². The molecule has 0 atom stereocenters. The Kier molecular flexibility index (Phi) is 4.34. The van der Waals surface area contributed by atoms with E-state index in [1.165, 1.54) is 25.7 Å². The molecule has 1 fully saturated rings. The number of nitrogens with one attached hydrogen (secondary N) is 1. The fourth-order valence-electron chi connectivity index (χ4n) is 3.09. The number of ether oxygens (including phenoxy) is 2. The largest absolute Gasteiger partial charge is 0.454 e. The number of amides is 1. The number of hydrogen-bond donors (Lipinski definition) is 1. The third-order valence-electron chi connectivity index (χ3n) is 4.37. The third kappa shape index (κ3) is 3.22. The Bertz CT molecular complexity index is 756. The molecule has 1 N–H and O–H groups in total. The lowest BCUT2D eigenvalue weighted by Gasteiger charge is -2.14. The summed E-state index contributed by atoms with van der Waals surface area (Å²) in [6.45, 7) is 0.210. The number of para-hydroxylation sites is 1. The summed E-state index contributed by atoms with van der Waals surface area (Å²) in [6.07, 6.45) is 5.14. The van der Waals surface area contributed by atoms with Crippen LogP contribution in [0.4, 0.5) is 5.69 Å². The van der Waals surface area contributed by atoms with Crippen LogP contribution < -0.4 is 14.8 Å². The highest BCUT2D eigenvalue weighted by Crippen LogP contribution is 2.38. The lowest BCUT2D eigenvalue weighted by Crippen LogP contribution is -2.12. The van der Waals surface area contributed by atoms with Crippen LogP contribution in [0.15, 0.2) is 47.4 Å². The van der Waals surface area contributed by atoms with Crippen molar-refractivity contribution < 1.29 is 14.3 Å². The second-order valence-corrected chi connectivity index (χ2v) is 7.38. The van der Waals surface area contributed by atoms with Crippen LogP contribution in [-0.2, 0) is 0 Å². The zero-order chi connectivity index (χ0) is 16.4. The summed E-state index contributed by atoms with van der Waals surface area (Å²) in [5.41, 5.74) is 1.44. The molecule has 2 aliphatic rings. The summed E-state index contributed by atoms with van der Waals surface area (Å²) in [6, 6.07) is 13.3. The normalized spacial score (nSPS) is 16.3. The zero-order valence-corrected chi connectivity index (χ0v) is 14.1. The molecule has 1 saturated carbocycles. The van der Waals surface area contributed by atoms with E-state index in [4.69, 9.17) is 9.47 Å². The van der Waals surface area contributed by atoms with E-state index in [-0.39, 0.29) is 12.7 Å². The molecule has 0 bridgehead atoms. The third-order valence-corrected chi connectivity index (χ3v) is 5.78. The number of fused-ring (bicyclic) bond motifs is 1. The van der Waals surface area contributed by atoms with Crippen LogP contribution in [0.3, 0.4) is 0 Å². The van der Waals surface area contributed by atoms with E-state index in [0.29, 0.717) is 22.3 Å². The summed E-state index contributed by atoms with van der Waals surface area (Å²) >= 11 is 1.88. The van der Waals surface area contributed by atoms with Crippen LogP contribution in [0.1, 0.15) is 36.0 Å². The molecule has 4 rings (SSSR count). The average Bonchev–Trinajstić information content (AvgIpc) is 3.27. The molecule has 0 radical (unpaired) electrons. The van der Waals surface area contributed by atoms with Gasteiger partial charge in [0.1, 0.15) is 0 Å². The summed E-state index contributed by atoms with van der Waals surface area (Å²) < 4.78 is 10.6. The Morgan fingerprint density at radius 3 is 2.71 bits per heavy atom. The van der Waals surface area contributed by atoms with E-state index < -0.39 is 0 Å². The Labute approximate surface area is 145 Å². The second-order valence-electron chi connectivity index (χ2n) is 6.04. The van der Waals surface area contributed by atoms with Crippen molar-refractivity contribution in [1.82, 2.24) is 0 Å². The van der Waals surface area contributed by atoms with Crippen molar-refractivity contribution in [2.45, 2.75) is 35.8 Å². The Morgan fingerprint density at radius 1 is 1.04 bits per heavy atom. The maximum absolute atomic E-state index is 12.6. The maximum atomic E-state index is 12.6. The van der Waals surface area contributed by atoms with Crippen LogP contribution >= 0.6 is 11.8 Å². The molecule has 1 amide bonds. The minimum Gasteiger partial charge on any atom is -0.454 e. The summed E-state index contributed by atoms with van der Waals surface area (Å²) in [4.78, 5) is 13.7. The van der Waals surface area contributed by atoms with E-state index in [9.17, 15) is 4.79 Å². The fourth-order valence-corrected chi connectivity index (χ4v) is 4.42. The van der Waals surface area contributed by atoms with E-state index in [2.05, 4.69) is 11.4 Å². The molecule has 0 unspecified atom stereocenters. The van der Waals surface area contributed by atoms with Crippen LogP contribution in [0.25, 0.3) is 0 Å². The number of anilines is 1. The van der Waals surface area contributed by atoms with Gasteiger partial charge in [-0.15, -0.1) is 11.8 Å². The van der Waals surface area contributed by atoms with Crippen LogP contribution in [0.5, 0.6) is 11.5 Å². The molecule has 124 valence electrons. The van der Waals surface area contributed by atoms with Gasteiger partial charge in [-0.3, -0.25) is 4.79 Å². The molecule has 4 nitrogen and oxygen atoms in total. The van der Waals surface area contributed by atoms with Crippen molar-refractivity contribution in [3.63, 3.8) is 0 Å². The highest BCUT2D eigenvalue weighted by molar-refractivity contribution is 8.00. The van der Waals surface area contributed by atoms with Gasteiger partial charge in [0.15, 0.2) is 11.5 Å². The molecular weight excluding hydrogens is 322 g/mol. The van der Waals surface area contributed by atoms with Gasteiger partial charge in [0.25, 0.3) is 5.91 Å². The number of carbonyl (C=O) groups excluding carboxylic acids is 1. The fraction of sp³-hybridized carbons (Fsp3) is 0.316. The molecule has 5 heteroatoms. The molecule has 24 heavy (non-hydrogen) atoms. The molecule has 2 aromatic rings.